The van der Waals surface area contributed by atoms with Gasteiger partial charge in [-0.3, -0.25) is 9.78 Å². The summed E-state index contributed by atoms with van der Waals surface area (Å²) in [4.78, 5) is 21.2. The van der Waals surface area contributed by atoms with E-state index in [2.05, 4.69) is 43.3 Å². The third-order valence-electron chi connectivity index (χ3n) is 4.84. The number of carbonyl (C=O) groups is 1. The number of nitrogens with one attached hydrogen (secondary N) is 1. The zero-order chi connectivity index (χ0) is 21.6. The molecule has 1 amide bonds. The van der Waals surface area contributed by atoms with Crippen LogP contribution in [0.25, 0.3) is 11.1 Å². The van der Waals surface area contributed by atoms with E-state index >= 15 is 0 Å². The summed E-state index contributed by atoms with van der Waals surface area (Å²) in [6.45, 7) is 2.34. The number of amides is 1. The number of halogens is 1. The third-order valence-corrected chi connectivity index (χ3v) is 5.43. The Morgan fingerprint density at radius 2 is 1.87 bits per heavy atom. The van der Waals surface area contributed by atoms with Crippen molar-refractivity contribution < 1.29 is 9.53 Å². The van der Waals surface area contributed by atoms with E-state index in [9.17, 15) is 4.79 Å². The fourth-order valence-corrected chi connectivity index (χ4v) is 3.52. The molecule has 0 saturated carbocycles. The van der Waals surface area contributed by atoms with E-state index in [-0.39, 0.29) is 11.6 Å². The van der Waals surface area contributed by atoms with E-state index in [1.165, 1.54) is 0 Å². The maximum atomic E-state index is 12.9. The molecule has 154 valence electrons. The number of hydrogen-bond donors (Lipinski definition) is 1. The van der Waals surface area contributed by atoms with E-state index < -0.39 is 0 Å². The normalized spacial score (nSPS) is 10.5. The van der Waals surface area contributed by atoms with Crippen molar-refractivity contribution in [2.45, 2.75) is 13.5 Å². The molecule has 0 saturated heterocycles. The molecule has 4 aromatic rings. The van der Waals surface area contributed by atoms with Gasteiger partial charge in [-0.2, -0.15) is 0 Å². The highest BCUT2D eigenvalue weighted by molar-refractivity contribution is 9.10. The Labute approximate surface area is 189 Å². The van der Waals surface area contributed by atoms with Crippen LogP contribution in [0.4, 0.5) is 5.69 Å². The number of anilines is 1. The number of rotatable bonds is 6. The van der Waals surface area contributed by atoms with Gasteiger partial charge in [0.2, 0.25) is 0 Å². The molecule has 0 bridgehead atoms. The van der Waals surface area contributed by atoms with Gasteiger partial charge in [-0.05, 0) is 51.7 Å². The van der Waals surface area contributed by atoms with Gasteiger partial charge in [0, 0.05) is 35.9 Å². The molecule has 6 heteroatoms. The molecule has 0 fully saturated rings. The lowest BCUT2D eigenvalue weighted by atomic mass is 9.99. The second-order valence-corrected chi connectivity index (χ2v) is 7.80. The van der Waals surface area contributed by atoms with Crippen LogP contribution in [0.1, 0.15) is 21.6 Å². The maximum Gasteiger partial charge on any atom is 0.274 e. The molecule has 0 unspecified atom stereocenters. The molecule has 0 spiro atoms. The molecule has 2 heterocycles. The number of hydrogen-bond acceptors (Lipinski definition) is 4. The van der Waals surface area contributed by atoms with Crippen molar-refractivity contribution in [1.82, 2.24) is 9.97 Å². The summed E-state index contributed by atoms with van der Waals surface area (Å²) in [5, 5.41) is 2.97. The predicted octanol–water partition coefficient (Wildman–Crippen LogP) is 6.05. The SMILES string of the molecule is Cc1c(NC(=O)c2cc(OCc3cccnc3)c(Br)cn2)cccc1-c1ccccc1. The van der Waals surface area contributed by atoms with Crippen LogP contribution in [-0.2, 0) is 6.61 Å². The van der Waals surface area contributed by atoms with Crippen LogP contribution in [0, 0.1) is 6.92 Å². The minimum absolute atomic E-state index is 0.272. The highest BCUT2D eigenvalue weighted by Gasteiger charge is 2.14. The fourth-order valence-electron chi connectivity index (χ4n) is 3.19. The fraction of sp³-hybridized carbons (Fsp3) is 0.0800. The van der Waals surface area contributed by atoms with Gasteiger partial charge in [0.1, 0.15) is 18.1 Å². The van der Waals surface area contributed by atoms with E-state index in [0.29, 0.717) is 16.8 Å². The summed E-state index contributed by atoms with van der Waals surface area (Å²) in [5.41, 5.74) is 5.12. The van der Waals surface area contributed by atoms with E-state index in [1.807, 2.05) is 55.5 Å². The van der Waals surface area contributed by atoms with Crippen LogP contribution in [0.3, 0.4) is 0 Å². The Bertz CT molecular complexity index is 1200. The molecule has 0 aliphatic rings. The molecule has 2 aromatic carbocycles. The Kier molecular flexibility index (Phi) is 6.38. The molecule has 5 nitrogen and oxygen atoms in total. The highest BCUT2D eigenvalue weighted by Crippen LogP contribution is 2.29. The Morgan fingerprint density at radius 3 is 2.65 bits per heavy atom. The first kappa shape index (κ1) is 20.8. The average molecular weight is 474 g/mol. The first-order valence-electron chi connectivity index (χ1n) is 9.75. The number of benzene rings is 2. The number of aromatic nitrogens is 2. The zero-order valence-electron chi connectivity index (χ0n) is 16.9. The summed E-state index contributed by atoms with van der Waals surface area (Å²) in [6.07, 6.45) is 5.02. The standard InChI is InChI=1S/C25H20BrN3O2/c1-17-20(19-8-3-2-4-9-19)10-5-11-22(17)29-25(30)23-13-24(21(26)15-28-23)31-16-18-7-6-12-27-14-18/h2-15H,16H2,1H3,(H,29,30). The van der Waals surface area contributed by atoms with Crippen molar-refractivity contribution in [3.05, 3.63) is 107 Å². The lowest BCUT2D eigenvalue weighted by Gasteiger charge is -2.13. The van der Waals surface area contributed by atoms with Gasteiger partial charge in [0.15, 0.2) is 0 Å². The van der Waals surface area contributed by atoms with Crippen LogP contribution < -0.4 is 10.1 Å². The molecular formula is C25H20BrN3O2. The number of ether oxygens (including phenoxy) is 1. The van der Waals surface area contributed by atoms with Gasteiger partial charge in [-0.15, -0.1) is 0 Å². The van der Waals surface area contributed by atoms with Gasteiger partial charge in [0.05, 0.1) is 4.47 Å². The van der Waals surface area contributed by atoms with E-state index in [0.717, 1.165) is 27.9 Å². The van der Waals surface area contributed by atoms with Gasteiger partial charge in [-0.1, -0.05) is 48.5 Å². The predicted molar refractivity (Wildman–Crippen MR) is 125 cm³/mol. The van der Waals surface area contributed by atoms with Crippen LogP contribution >= 0.6 is 15.9 Å². The van der Waals surface area contributed by atoms with Crippen LogP contribution in [0.2, 0.25) is 0 Å². The quantitative estimate of drug-likeness (QED) is 0.370. The lowest BCUT2D eigenvalue weighted by molar-refractivity contribution is 0.102. The monoisotopic (exact) mass is 473 g/mol. The van der Waals surface area contributed by atoms with E-state index in [4.69, 9.17) is 4.74 Å². The minimum Gasteiger partial charge on any atom is -0.488 e. The summed E-state index contributed by atoms with van der Waals surface area (Å²) < 4.78 is 6.53. The molecular weight excluding hydrogens is 454 g/mol. The molecule has 4 rings (SSSR count). The van der Waals surface area contributed by atoms with Crippen molar-refractivity contribution in [3.63, 3.8) is 0 Å². The third kappa shape index (κ3) is 4.98. The molecule has 0 radical (unpaired) electrons. The van der Waals surface area contributed by atoms with Gasteiger partial charge in [-0.25, -0.2) is 4.98 Å². The molecule has 31 heavy (non-hydrogen) atoms. The summed E-state index contributed by atoms with van der Waals surface area (Å²) in [7, 11) is 0. The summed E-state index contributed by atoms with van der Waals surface area (Å²) in [6, 6.07) is 21.4. The minimum atomic E-state index is -0.299. The topological polar surface area (TPSA) is 64.1 Å². The first-order chi connectivity index (χ1) is 15.1. The largest absolute Gasteiger partial charge is 0.488 e. The van der Waals surface area contributed by atoms with Crippen molar-refractivity contribution in [2.75, 3.05) is 5.32 Å². The summed E-state index contributed by atoms with van der Waals surface area (Å²) in [5.74, 6) is 0.241. The van der Waals surface area contributed by atoms with Crippen molar-refractivity contribution in [1.29, 1.82) is 0 Å². The zero-order valence-corrected chi connectivity index (χ0v) is 18.5. The molecule has 0 atom stereocenters. The Hall–Kier alpha value is -3.51. The van der Waals surface area contributed by atoms with Gasteiger partial charge >= 0.3 is 0 Å². The molecule has 0 aliphatic heterocycles. The summed E-state index contributed by atoms with van der Waals surface area (Å²) >= 11 is 3.43. The van der Waals surface area contributed by atoms with Crippen molar-refractivity contribution >= 4 is 27.5 Å². The number of carbonyl (C=O) groups excluding carboxylic acids is 1. The Balaban J connectivity index is 1.53. The van der Waals surface area contributed by atoms with Gasteiger partial charge < -0.3 is 10.1 Å². The second-order valence-electron chi connectivity index (χ2n) is 6.95. The highest BCUT2D eigenvalue weighted by atomic mass is 79.9. The first-order valence-corrected chi connectivity index (χ1v) is 10.5. The smallest absolute Gasteiger partial charge is 0.274 e. The van der Waals surface area contributed by atoms with Crippen LogP contribution in [-0.4, -0.2) is 15.9 Å². The van der Waals surface area contributed by atoms with Gasteiger partial charge in [0.25, 0.3) is 5.91 Å². The second kappa shape index (κ2) is 9.53. The maximum absolute atomic E-state index is 12.9. The van der Waals surface area contributed by atoms with Crippen LogP contribution in [0.15, 0.2) is 89.8 Å². The number of pyridine rings is 2. The van der Waals surface area contributed by atoms with E-state index in [1.54, 1.807) is 24.7 Å². The number of nitrogens with zero attached hydrogens (tertiary/aromatic N) is 2. The molecule has 0 aliphatic carbocycles. The van der Waals surface area contributed by atoms with Crippen LogP contribution in [0.5, 0.6) is 5.75 Å². The van der Waals surface area contributed by atoms with Crippen molar-refractivity contribution in [3.8, 4) is 16.9 Å². The van der Waals surface area contributed by atoms with Crippen molar-refractivity contribution in [2.24, 2.45) is 0 Å². The molecule has 2 aromatic heterocycles. The average Bonchev–Trinajstić information content (AvgIpc) is 2.81. The molecule has 1 N–H and O–H groups in total. The lowest BCUT2D eigenvalue weighted by Crippen LogP contribution is -2.15. The Morgan fingerprint density at radius 1 is 1.03 bits per heavy atom.